The topological polar surface area (TPSA) is 103 Å². The van der Waals surface area contributed by atoms with Crippen LogP contribution < -0.4 is 10.5 Å². The average molecular weight is 561 g/mol. The lowest BCUT2D eigenvalue weighted by atomic mass is 10.1. The average Bonchev–Trinajstić information content (AvgIpc) is 3.39. The van der Waals surface area contributed by atoms with Crippen LogP contribution in [0.2, 0.25) is 5.02 Å². The third-order valence-electron chi connectivity index (χ3n) is 7.99. The van der Waals surface area contributed by atoms with Crippen LogP contribution in [0.15, 0.2) is 47.5 Å². The molecule has 0 bridgehead atoms. The molecular weight excluding hydrogens is 528 g/mol. The van der Waals surface area contributed by atoms with Crippen molar-refractivity contribution in [3.05, 3.63) is 69.2 Å². The summed E-state index contributed by atoms with van der Waals surface area (Å²) in [5, 5.41) is 9.86. The molecule has 2 aliphatic rings. The van der Waals surface area contributed by atoms with E-state index in [0.29, 0.717) is 47.0 Å². The minimum absolute atomic E-state index is 0.144. The molecule has 208 valence electrons. The Balaban J connectivity index is 1.27. The molecule has 1 saturated carbocycles. The highest BCUT2D eigenvalue weighted by molar-refractivity contribution is 6.31. The van der Waals surface area contributed by atoms with Crippen LogP contribution in [-0.4, -0.2) is 64.4 Å². The maximum atomic E-state index is 13.4. The normalized spacial score (nSPS) is 16.1. The Morgan fingerprint density at radius 3 is 2.62 bits per heavy atom. The van der Waals surface area contributed by atoms with Gasteiger partial charge in [0.05, 0.1) is 27.8 Å². The van der Waals surface area contributed by atoms with Gasteiger partial charge in [-0.2, -0.15) is 5.26 Å². The Bertz CT molecular complexity index is 1520. The number of nitrogens with zero attached hydrogens (tertiary/aromatic N) is 6. The van der Waals surface area contributed by atoms with Crippen LogP contribution in [0.25, 0.3) is 10.9 Å². The van der Waals surface area contributed by atoms with Crippen LogP contribution in [0.5, 0.6) is 0 Å². The zero-order valence-corrected chi connectivity index (χ0v) is 23.4. The molecule has 9 nitrogen and oxygen atoms in total. The van der Waals surface area contributed by atoms with Crippen LogP contribution in [0.4, 0.5) is 5.69 Å². The molecule has 0 spiro atoms. The van der Waals surface area contributed by atoms with Gasteiger partial charge in [0, 0.05) is 51.4 Å². The van der Waals surface area contributed by atoms with Crippen molar-refractivity contribution in [3.8, 4) is 6.07 Å². The zero-order chi connectivity index (χ0) is 28.2. The highest BCUT2D eigenvalue weighted by Crippen LogP contribution is 2.27. The van der Waals surface area contributed by atoms with Gasteiger partial charge in [0.25, 0.3) is 5.56 Å². The summed E-state index contributed by atoms with van der Waals surface area (Å²) in [5.41, 5.74) is 2.38. The van der Waals surface area contributed by atoms with Gasteiger partial charge in [-0.15, -0.1) is 0 Å². The first-order valence-corrected chi connectivity index (χ1v) is 14.2. The van der Waals surface area contributed by atoms with Crippen LogP contribution in [0, 0.1) is 17.2 Å². The number of amides is 2. The maximum Gasteiger partial charge on any atom is 0.261 e. The van der Waals surface area contributed by atoms with Crippen molar-refractivity contribution in [2.24, 2.45) is 5.92 Å². The Morgan fingerprint density at radius 2 is 1.88 bits per heavy atom. The molecule has 10 heteroatoms. The second-order valence-corrected chi connectivity index (χ2v) is 11.1. The smallest absolute Gasteiger partial charge is 0.261 e. The number of benzene rings is 2. The minimum atomic E-state index is -0.275. The van der Waals surface area contributed by atoms with Crippen molar-refractivity contribution in [2.45, 2.75) is 45.2 Å². The SMILES string of the molecule is CN(Cc1ccc(C#N)c(Cl)c1)C(=O)Cn1cnc2ccc(N3CCCN(C(=O)C4CCCC4)CC3)cc2c1=O. The molecule has 0 atom stereocenters. The Labute approximate surface area is 238 Å². The van der Waals surface area contributed by atoms with Gasteiger partial charge in [-0.1, -0.05) is 30.5 Å². The largest absolute Gasteiger partial charge is 0.370 e. The molecule has 1 aromatic heterocycles. The van der Waals surface area contributed by atoms with E-state index in [1.165, 1.54) is 15.8 Å². The summed E-state index contributed by atoms with van der Waals surface area (Å²) >= 11 is 6.12. The summed E-state index contributed by atoms with van der Waals surface area (Å²) in [6.07, 6.45) is 6.59. The monoisotopic (exact) mass is 560 g/mol. The van der Waals surface area contributed by atoms with Gasteiger partial charge in [0.2, 0.25) is 11.8 Å². The summed E-state index contributed by atoms with van der Waals surface area (Å²) in [6.45, 7) is 3.10. The number of hydrogen-bond donors (Lipinski definition) is 0. The van der Waals surface area contributed by atoms with Gasteiger partial charge in [-0.05, 0) is 55.2 Å². The lowest BCUT2D eigenvalue weighted by Crippen LogP contribution is -2.38. The summed E-state index contributed by atoms with van der Waals surface area (Å²) in [4.78, 5) is 49.5. The van der Waals surface area contributed by atoms with Crippen molar-refractivity contribution < 1.29 is 9.59 Å². The number of rotatable bonds is 6. The molecule has 1 saturated heterocycles. The minimum Gasteiger partial charge on any atom is -0.370 e. The van der Waals surface area contributed by atoms with E-state index in [-0.39, 0.29) is 23.9 Å². The van der Waals surface area contributed by atoms with Crippen LogP contribution in [-0.2, 0) is 22.7 Å². The Hall–Kier alpha value is -3.90. The number of hydrogen-bond acceptors (Lipinski definition) is 6. The molecule has 2 fully saturated rings. The third kappa shape index (κ3) is 5.97. The van der Waals surface area contributed by atoms with E-state index in [0.717, 1.165) is 56.4 Å². The number of nitriles is 1. The zero-order valence-electron chi connectivity index (χ0n) is 22.7. The fourth-order valence-corrected chi connectivity index (χ4v) is 5.90. The first kappa shape index (κ1) is 27.7. The van der Waals surface area contributed by atoms with Gasteiger partial charge in [-0.3, -0.25) is 19.0 Å². The summed E-state index contributed by atoms with van der Waals surface area (Å²) in [7, 11) is 1.66. The molecule has 0 radical (unpaired) electrons. The van der Waals surface area contributed by atoms with E-state index in [4.69, 9.17) is 16.9 Å². The quantitative estimate of drug-likeness (QED) is 0.454. The fraction of sp³-hybridized carbons (Fsp3) is 0.433. The first-order valence-electron chi connectivity index (χ1n) is 13.8. The number of fused-ring (bicyclic) bond motifs is 1. The molecule has 5 rings (SSSR count). The van der Waals surface area contributed by atoms with Crippen LogP contribution in [0.3, 0.4) is 0 Å². The van der Waals surface area contributed by atoms with Crippen LogP contribution >= 0.6 is 11.6 Å². The molecule has 0 N–H and O–H groups in total. The van der Waals surface area contributed by atoms with Crippen molar-refractivity contribution >= 4 is 40.0 Å². The van der Waals surface area contributed by atoms with Crippen molar-refractivity contribution in [3.63, 3.8) is 0 Å². The van der Waals surface area contributed by atoms with Gasteiger partial charge in [-0.25, -0.2) is 4.98 Å². The van der Waals surface area contributed by atoms with Crippen molar-refractivity contribution in [2.75, 3.05) is 38.1 Å². The number of carbonyl (C=O) groups is 2. The Morgan fingerprint density at radius 1 is 1.07 bits per heavy atom. The number of likely N-dealkylation sites (N-methyl/N-ethyl adjacent to an activating group) is 1. The lowest BCUT2D eigenvalue weighted by molar-refractivity contribution is -0.135. The molecular formula is C30H33ClN6O3. The van der Waals surface area contributed by atoms with Crippen LogP contribution in [0.1, 0.15) is 43.2 Å². The molecule has 3 aromatic rings. The third-order valence-corrected chi connectivity index (χ3v) is 8.30. The predicted octanol–water partition coefficient (Wildman–Crippen LogP) is 3.81. The standard InChI is InChI=1S/C30H33ClN6O3/c1-34(18-21-7-8-23(17-32)26(31)15-21)28(38)19-37-20-33-27-10-9-24(16-25(27)30(37)40)35-11-4-12-36(14-13-35)29(39)22-5-2-3-6-22/h7-10,15-16,20,22H,2-6,11-14,18-19H2,1H3. The van der Waals surface area contributed by atoms with Crippen molar-refractivity contribution in [1.29, 1.82) is 5.26 Å². The van der Waals surface area contributed by atoms with Crippen molar-refractivity contribution in [1.82, 2.24) is 19.4 Å². The fourth-order valence-electron chi connectivity index (χ4n) is 5.66. The Kier molecular flexibility index (Phi) is 8.36. The predicted molar refractivity (Wildman–Crippen MR) is 154 cm³/mol. The highest BCUT2D eigenvalue weighted by Gasteiger charge is 2.28. The molecule has 2 aromatic carbocycles. The second-order valence-electron chi connectivity index (χ2n) is 10.7. The molecule has 1 aliphatic carbocycles. The molecule has 2 heterocycles. The van der Waals surface area contributed by atoms with Gasteiger partial charge < -0.3 is 14.7 Å². The van der Waals surface area contributed by atoms with Gasteiger partial charge in [0.1, 0.15) is 12.6 Å². The number of aromatic nitrogens is 2. The second kappa shape index (κ2) is 12.1. The number of anilines is 1. The summed E-state index contributed by atoms with van der Waals surface area (Å²) in [6, 6.07) is 12.7. The van der Waals surface area contributed by atoms with E-state index < -0.39 is 0 Å². The number of carbonyl (C=O) groups excluding carboxylic acids is 2. The van der Waals surface area contributed by atoms with E-state index in [9.17, 15) is 14.4 Å². The maximum absolute atomic E-state index is 13.4. The van der Waals surface area contributed by atoms with Gasteiger partial charge in [0.15, 0.2) is 0 Å². The van der Waals surface area contributed by atoms with E-state index in [2.05, 4.69) is 9.88 Å². The van der Waals surface area contributed by atoms with Gasteiger partial charge >= 0.3 is 0 Å². The summed E-state index contributed by atoms with van der Waals surface area (Å²) < 4.78 is 1.33. The molecule has 1 aliphatic heterocycles. The molecule has 0 unspecified atom stereocenters. The van der Waals surface area contributed by atoms with E-state index in [1.54, 1.807) is 25.2 Å². The number of halogens is 1. The molecule has 40 heavy (non-hydrogen) atoms. The first-order chi connectivity index (χ1) is 19.3. The molecule has 2 amide bonds. The lowest BCUT2D eigenvalue weighted by Gasteiger charge is -2.25. The summed E-state index contributed by atoms with van der Waals surface area (Å²) in [5.74, 6) is 0.224. The van der Waals surface area contributed by atoms with E-state index >= 15 is 0 Å². The van der Waals surface area contributed by atoms with E-state index in [1.807, 2.05) is 29.2 Å². The highest BCUT2D eigenvalue weighted by atomic mass is 35.5.